The van der Waals surface area contributed by atoms with Gasteiger partial charge in [0, 0.05) is 13.1 Å². The van der Waals surface area contributed by atoms with Crippen molar-refractivity contribution >= 4 is 17.7 Å². The summed E-state index contributed by atoms with van der Waals surface area (Å²) in [4.78, 5) is 12.1. The summed E-state index contributed by atoms with van der Waals surface area (Å²) in [5, 5.41) is 25.5. The Morgan fingerprint density at radius 3 is 2.67 bits per heavy atom. The Balaban J connectivity index is 2.65. The minimum Gasteiger partial charge on any atom is -0.464 e. The molecule has 18 heavy (non-hydrogen) atoms. The van der Waals surface area contributed by atoms with E-state index >= 15 is 0 Å². The number of nitrogens with zero attached hydrogens (tertiary/aromatic N) is 3. The number of aliphatic hydroxyl groups excluding tert-OH is 1. The van der Waals surface area contributed by atoms with Crippen LogP contribution < -0.4 is 15.8 Å². The average Bonchev–Trinajstić information content (AvgIpc) is 2.34. The van der Waals surface area contributed by atoms with Crippen LogP contribution >= 0.6 is 0 Å². The van der Waals surface area contributed by atoms with Crippen molar-refractivity contribution in [1.82, 2.24) is 15.6 Å². The highest BCUT2D eigenvalue weighted by atomic mass is 16.4. The Morgan fingerprint density at radius 1 is 1.50 bits per heavy atom. The molecule has 1 rings (SSSR count). The molecule has 1 amide bonds. The topological polar surface area (TPSA) is 111 Å². The van der Waals surface area contributed by atoms with Crippen LogP contribution in [0.5, 0.6) is 0 Å². The molecule has 0 aliphatic carbocycles. The first-order valence-corrected chi connectivity index (χ1v) is 5.54. The molecule has 1 unspecified atom stereocenters. The smallest absolute Gasteiger partial charge is 0.423 e. The number of hydrazine groups is 1. The van der Waals surface area contributed by atoms with Crippen LogP contribution in [0, 0.1) is 0 Å². The maximum absolute atomic E-state index is 10.3. The van der Waals surface area contributed by atoms with E-state index in [1.807, 2.05) is 17.2 Å². The monoisotopic (exact) mass is 255 g/mol. The van der Waals surface area contributed by atoms with E-state index in [0.29, 0.717) is 24.7 Å². The number of aromatic nitrogens is 2. The van der Waals surface area contributed by atoms with E-state index in [0.717, 1.165) is 0 Å². The predicted octanol–water partition coefficient (Wildman–Crippen LogP) is 0.278. The van der Waals surface area contributed by atoms with Gasteiger partial charge in [-0.3, -0.25) is 5.43 Å². The van der Waals surface area contributed by atoms with Crippen LogP contribution in [0.15, 0.2) is 12.1 Å². The van der Waals surface area contributed by atoms with E-state index in [2.05, 4.69) is 15.6 Å². The van der Waals surface area contributed by atoms with Gasteiger partial charge in [-0.15, -0.1) is 10.2 Å². The van der Waals surface area contributed by atoms with Gasteiger partial charge in [0.25, 0.3) is 0 Å². The lowest BCUT2D eigenvalue weighted by Crippen LogP contribution is -2.32. The molecule has 0 fully saturated rings. The lowest BCUT2D eigenvalue weighted by atomic mass is 10.3. The van der Waals surface area contributed by atoms with Crippen LogP contribution in [0.25, 0.3) is 0 Å². The second-order valence-electron chi connectivity index (χ2n) is 3.72. The number of aliphatic hydroxyl groups is 1. The third-order valence-corrected chi connectivity index (χ3v) is 2.14. The summed E-state index contributed by atoms with van der Waals surface area (Å²) >= 11 is 0. The van der Waals surface area contributed by atoms with Crippen LogP contribution in [-0.4, -0.2) is 45.7 Å². The Kier molecular flexibility index (Phi) is 5.12. The van der Waals surface area contributed by atoms with Gasteiger partial charge >= 0.3 is 6.09 Å². The summed E-state index contributed by atoms with van der Waals surface area (Å²) < 4.78 is 0. The summed E-state index contributed by atoms with van der Waals surface area (Å²) in [6.07, 6.45) is -1.66. The first-order chi connectivity index (χ1) is 8.52. The van der Waals surface area contributed by atoms with Crippen molar-refractivity contribution < 1.29 is 15.0 Å². The number of rotatable bonds is 6. The van der Waals surface area contributed by atoms with Crippen molar-refractivity contribution in [3.8, 4) is 0 Å². The minimum atomic E-state index is -1.20. The van der Waals surface area contributed by atoms with Crippen molar-refractivity contribution in [3.05, 3.63) is 12.1 Å². The molecule has 8 nitrogen and oxygen atoms in total. The fraction of sp³-hybridized carbons (Fsp3) is 0.500. The zero-order chi connectivity index (χ0) is 13.5. The van der Waals surface area contributed by atoms with E-state index in [1.54, 1.807) is 19.1 Å². The van der Waals surface area contributed by atoms with Gasteiger partial charge in [-0.2, -0.15) is 0 Å². The number of hydrogen-bond donors (Lipinski definition) is 4. The standard InChI is InChI=1S/C10H17N5O3/c1-3-15(6-7(2)16)9-5-4-8(11-13-9)12-14-10(17)18/h4-5,7,14,16H,3,6H2,1-2H3,(H,11,12)(H,17,18). The molecule has 0 aliphatic rings. The number of carboxylic acid groups (broad SMARTS) is 1. The molecule has 1 aromatic rings. The largest absolute Gasteiger partial charge is 0.464 e. The van der Waals surface area contributed by atoms with Crippen LogP contribution in [0.2, 0.25) is 0 Å². The van der Waals surface area contributed by atoms with Gasteiger partial charge in [-0.05, 0) is 26.0 Å². The Morgan fingerprint density at radius 2 is 2.22 bits per heavy atom. The lowest BCUT2D eigenvalue weighted by molar-refractivity contribution is 0.196. The summed E-state index contributed by atoms with van der Waals surface area (Å²) in [5.74, 6) is 0.925. The Hall–Kier alpha value is -2.09. The Labute approximate surface area is 105 Å². The molecule has 4 N–H and O–H groups in total. The maximum Gasteiger partial charge on any atom is 0.423 e. The highest BCUT2D eigenvalue weighted by Gasteiger charge is 2.09. The normalized spacial score (nSPS) is 11.7. The Bertz CT molecular complexity index is 382. The SMILES string of the molecule is CCN(CC(C)O)c1ccc(NNC(=O)O)nn1. The number of anilines is 2. The number of nitrogens with one attached hydrogen (secondary N) is 2. The highest BCUT2D eigenvalue weighted by molar-refractivity contribution is 5.66. The molecular formula is C10H17N5O3. The van der Waals surface area contributed by atoms with Gasteiger partial charge in [0.1, 0.15) is 0 Å². The first kappa shape index (κ1) is 14.0. The van der Waals surface area contributed by atoms with Gasteiger partial charge in [-0.1, -0.05) is 0 Å². The van der Waals surface area contributed by atoms with Crippen molar-refractivity contribution in [1.29, 1.82) is 0 Å². The van der Waals surface area contributed by atoms with Crippen molar-refractivity contribution in [2.24, 2.45) is 0 Å². The number of likely N-dealkylation sites (N-methyl/N-ethyl adjacent to an activating group) is 1. The maximum atomic E-state index is 10.3. The van der Waals surface area contributed by atoms with E-state index in [9.17, 15) is 9.90 Å². The van der Waals surface area contributed by atoms with Crippen molar-refractivity contribution in [2.75, 3.05) is 23.4 Å². The average molecular weight is 255 g/mol. The van der Waals surface area contributed by atoms with Gasteiger partial charge in [0.05, 0.1) is 6.10 Å². The third-order valence-electron chi connectivity index (χ3n) is 2.14. The molecule has 0 spiro atoms. The summed E-state index contributed by atoms with van der Waals surface area (Å²) in [6, 6.07) is 3.30. The van der Waals surface area contributed by atoms with E-state index in [-0.39, 0.29) is 0 Å². The second-order valence-corrected chi connectivity index (χ2v) is 3.72. The molecule has 0 radical (unpaired) electrons. The number of carbonyl (C=O) groups is 1. The molecule has 100 valence electrons. The summed E-state index contributed by atoms with van der Waals surface area (Å²) in [5.41, 5.74) is 4.35. The molecule has 0 aliphatic heterocycles. The van der Waals surface area contributed by atoms with Gasteiger partial charge in [0.15, 0.2) is 11.6 Å². The van der Waals surface area contributed by atoms with Crippen LogP contribution in [0.1, 0.15) is 13.8 Å². The second kappa shape index (κ2) is 6.60. The first-order valence-electron chi connectivity index (χ1n) is 5.54. The molecule has 1 heterocycles. The summed E-state index contributed by atoms with van der Waals surface area (Å²) in [7, 11) is 0. The number of hydrogen-bond acceptors (Lipinski definition) is 6. The zero-order valence-corrected chi connectivity index (χ0v) is 10.3. The summed E-state index contributed by atoms with van der Waals surface area (Å²) in [6.45, 7) is 4.80. The lowest BCUT2D eigenvalue weighted by Gasteiger charge is -2.22. The fourth-order valence-electron chi connectivity index (χ4n) is 1.38. The van der Waals surface area contributed by atoms with E-state index in [4.69, 9.17) is 5.11 Å². The van der Waals surface area contributed by atoms with Gasteiger partial charge < -0.3 is 15.1 Å². The number of amides is 1. The van der Waals surface area contributed by atoms with Crippen LogP contribution in [-0.2, 0) is 0 Å². The molecule has 1 atom stereocenters. The van der Waals surface area contributed by atoms with Gasteiger partial charge in [0.2, 0.25) is 0 Å². The zero-order valence-electron chi connectivity index (χ0n) is 10.3. The quantitative estimate of drug-likeness (QED) is 0.540. The third kappa shape index (κ3) is 4.42. The molecular weight excluding hydrogens is 238 g/mol. The van der Waals surface area contributed by atoms with Gasteiger partial charge in [-0.25, -0.2) is 10.2 Å². The molecule has 1 aromatic heterocycles. The van der Waals surface area contributed by atoms with Crippen molar-refractivity contribution in [2.45, 2.75) is 20.0 Å². The van der Waals surface area contributed by atoms with Crippen molar-refractivity contribution in [3.63, 3.8) is 0 Å². The van der Waals surface area contributed by atoms with E-state index in [1.165, 1.54) is 0 Å². The molecule has 0 saturated carbocycles. The minimum absolute atomic E-state index is 0.300. The highest BCUT2D eigenvalue weighted by Crippen LogP contribution is 2.11. The van der Waals surface area contributed by atoms with Crippen LogP contribution in [0.3, 0.4) is 0 Å². The fourth-order valence-corrected chi connectivity index (χ4v) is 1.38. The molecule has 8 heteroatoms. The predicted molar refractivity (Wildman–Crippen MR) is 66.4 cm³/mol. The molecule has 0 bridgehead atoms. The molecule has 0 aromatic carbocycles. The molecule has 0 saturated heterocycles. The van der Waals surface area contributed by atoms with E-state index < -0.39 is 12.2 Å². The van der Waals surface area contributed by atoms with Crippen LogP contribution in [0.4, 0.5) is 16.4 Å².